The van der Waals surface area contributed by atoms with Crippen LogP contribution in [0.3, 0.4) is 0 Å². The van der Waals surface area contributed by atoms with Crippen molar-refractivity contribution in [2.45, 2.75) is 26.9 Å². The molecule has 122 valence electrons. The molecule has 0 radical (unpaired) electrons. The molecule has 0 bridgehead atoms. The number of carboxylic acid groups (broad SMARTS) is 1. The highest BCUT2D eigenvalue weighted by Crippen LogP contribution is 2.25. The lowest BCUT2D eigenvalue weighted by molar-refractivity contribution is -0.151. The van der Waals surface area contributed by atoms with Gasteiger partial charge < -0.3 is 15.2 Å². The van der Waals surface area contributed by atoms with Crippen LogP contribution in [0.15, 0.2) is 12.1 Å². The molecule has 1 rings (SSSR count). The first-order valence-corrected chi connectivity index (χ1v) is 6.89. The molecule has 0 saturated carbocycles. The number of halogens is 2. The molecule has 0 aromatic heterocycles. The first-order valence-electron chi connectivity index (χ1n) is 6.89. The van der Waals surface area contributed by atoms with E-state index in [1.807, 2.05) is 13.8 Å². The second-order valence-corrected chi connectivity index (χ2v) is 5.13. The number of aliphatic carboxylic acids is 1. The molecule has 7 heteroatoms. The van der Waals surface area contributed by atoms with Crippen LogP contribution in [0.25, 0.3) is 0 Å². The number of benzene rings is 1. The minimum absolute atomic E-state index is 0.0214. The van der Waals surface area contributed by atoms with Crippen LogP contribution in [0.2, 0.25) is 0 Å². The zero-order valence-electron chi connectivity index (χ0n) is 12.7. The first kappa shape index (κ1) is 18.0. The highest BCUT2D eigenvalue weighted by molar-refractivity contribution is 5.94. The van der Waals surface area contributed by atoms with Crippen molar-refractivity contribution in [1.29, 1.82) is 0 Å². The van der Waals surface area contributed by atoms with E-state index in [0.29, 0.717) is 6.54 Å². The number of carboxylic acids is 1. The van der Waals surface area contributed by atoms with Gasteiger partial charge in [0.25, 0.3) is 5.91 Å². The van der Waals surface area contributed by atoms with Gasteiger partial charge in [0.05, 0.1) is 5.56 Å². The minimum atomic E-state index is -1.75. The molecular formula is C15H19F2NO4. The van der Waals surface area contributed by atoms with Gasteiger partial charge in [-0.05, 0) is 25.0 Å². The lowest BCUT2D eigenvalue weighted by Crippen LogP contribution is -2.28. The fraction of sp³-hybridized carbons (Fsp3) is 0.467. The highest BCUT2D eigenvalue weighted by atomic mass is 19.1. The topological polar surface area (TPSA) is 75.6 Å². The van der Waals surface area contributed by atoms with Crippen molar-refractivity contribution in [2.75, 3.05) is 13.2 Å². The van der Waals surface area contributed by atoms with Crippen LogP contribution in [-0.4, -0.2) is 30.1 Å². The van der Waals surface area contributed by atoms with Crippen LogP contribution in [0.1, 0.15) is 42.8 Å². The maximum atomic E-state index is 14.0. The number of carbonyl (C=O) groups is 2. The number of carbonyl (C=O) groups excluding carboxylic acids is 1. The molecule has 0 fully saturated rings. The molecule has 1 unspecified atom stereocenters. The van der Waals surface area contributed by atoms with E-state index in [-0.39, 0.29) is 18.1 Å². The summed E-state index contributed by atoms with van der Waals surface area (Å²) in [5.74, 6) is -4.20. The van der Waals surface area contributed by atoms with Crippen molar-refractivity contribution in [3.63, 3.8) is 0 Å². The number of rotatable bonds is 7. The van der Waals surface area contributed by atoms with Crippen molar-refractivity contribution in [2.24, 2.45) is 5.92 Å². The molecular weight excluding hydrogens is 296 g/mol. The summed E-state index contributed by atoms with van der Waals surface area (Å²) >= 11 is 0. The first-order chi connectivity index (χ1) is 10.3. The molecule has 0 aliphatic heterocycles. The number of hydrogen-bond acceptors (Lipinski definition) is 3. The van der Waals surface area contributed by atoms with Gasteiger partial charge in [0, 0.05) is 18.7 Å². The van der Waals surface area contributed by atoms with E-state index >= 15 is 0 Å². The highest BCUT2D eigenvalue weighted by Gasteiger charge is 2.28. The van der Waals surface area contributed by atoms with E-state index in [1.165, 1.54) is 6.92 Å². The molecule has 1 amide bonds. The molecule has 0 spiro atoms. The van der Waals surface area contributed by atoms with Crippen molar-refractivity contribution in [3.05, 3.63) is 34.9 Å². The summed E-state index contributed by atoms with van der Waals surface area (Å²) in [6.07, 6.45) is -1.75. The largest absolute Gasteiger partial charge is 0.479 e. The van der Waals surface area contributed by atoms with Crippen LogP contribution in [-0.2, 0) is 9.53 Å². The average Bonchev–Trinajstić information content (AvgIpc) is 2.42. The Kier molecular flexibility index (Phi) is 6.42. The molecule has 0 aliphatic carbocycles. The zero-order valence-corrected chi connectivity index (χ0v) is 12.7. The third-order valence-corrected chi connectivity index (χ3v) is 2.83. The summed E-state index contributed by atoms with van der Waals surface area (Å²) in [5, 5.41) is 11.5. The molecule has 1 aromatic rings. The smallest absolute Gasteiger partial charge is 0.337 e. The van der Waals surface area contributed by atoms with Gasteiger partial charge in [0.2, 0.25) is 0 Å². The van der Waals surface area contributed by atoms with Gasteiger partial charge in [-0.25, -0.2) is 13.6 Å². The Bertz CT molecular complexity index is 537. The van der Waals surface area contributed by atoms with E-state index in [0.717, 1.165) is 12.1 Å². The fourth-order valence-corrected chi connectivity index (χ4v) is 1.81. The van der Waals surface area contributed by atoms with Gasteiger partial charge in [-0.3, -0.25) is 4.79 Å². The van der Waals surface area contributed by atoms with Gasteiger partial charge in [0.1, 0.15) is 11.6 Å². The molecule has 1 atom stereocenters. The van der Waals surface area contributed by atoms with E-state index < -0.39 is 35.2 Å². The number of amides is 1. The quantitative estimate of drug-likeness (QED) is 0.810. The maximum Gasteiger partial charge on any atom is 0.337 e. The summed E-state index contributed by atoms with van der Waals surface area (Å²) in [6, 6.07) is 1.62. The van der Waals surface area contributed by atoms with Gasteiger partial charge in [0.15, 0.2) is 6.10 Å². The molecule has 22 heavy (non-hydrogen) atoms. The summed E-state index contributed by atoms with van der Waals surface area (Å²) in [7, 11) is 0. The predicted molar refractivity (Wildman–Crippen MR) is 75.5 cm³/mol. The van der Waals surface area contributed by atoms with Crippen molar-refractivity contribution in [3.8, 4) is 0 Å². The molecule has 0 saturated heterocycles. The van der Waals surface area contributed by atoms with E-state index in [1.54, 1.807) is 0 Å². The maximum absolute atomic E-state index is 14.0. The Morgan fingerprint density at radius 3 is 2.23 bits per heavy atom. The van der Waals surface area contributed by atoms with Crippen LogP contribution >= 0.6 is 0 Å². The summed E-state index contributed by atoms with van der Waals surface area (Å²) in [5.41, 5.74) is -0.921. The average molecular weight is 315 g/mol. The molecule has 5 nitrogen and oxygen atoms in total. The summed E-state index contributed by atoms with van der Waals surface area (Å²) in [6.45, 7) is 5.61. The van der Waals surface area contributed by atoms with E-state index in [9.17, 15) is 18.4 Å². The number of nitrogens with one attached hydrogen (secondary N) is 1. The van der Waals surface area contributed by atoms with Gasteiger partial charge in [-0.1, -0.05) is 13.8 Å². The normalized spacial score (nSPS) is 12.3. The van der Waals surface area contributed by atoms with Crippen LogP contribution in [0.5, 0.6) is 0 Å². The van der Waals surface area contributed by atoms with Gasteiger partial charge >= 0.3 is 5.97 Å². The summed E-state index contributed by atoms with van der Waals surface area (Å²) < 4.78 is 32.9. The Balaban J connectivity index is 3.10. The minimum Gasteiger partial charge on any atom is -0.479 e. The van der Waals surface area contributed by atoms with Crippen LogP contribution in [0.4, 0.5) is 8.78 Å². The predicted octanol–water partition coefficient (Wildman–Crippen LogP) is 2.51. The van der Waals surface area contributed by atoms with Gasteiger partial charge in [-0.2, -0.15) is 0 Å². The Morgan fingerprint density at radius 1 is 1.27 bits per heavy atom. The fourth-order valence-electron chi connectivity index (χ4n) is 1.81. The zero-order chi connectivity index (χ0) is 16.9. The number of ether oxygens (including phenoxy) is 1. The van der Waals surface area contributed by atoms with Crippen molar-refractivity contribution < 1.29 is 28.2 Å². The Morgan fingerprint density at radius 2 is 1.82 bits per heavy atom. The summed E-state index contributed by atoms with van der Waals surface area (Å²) in [4.78, 5) is 22.9. The molecule has 2 N–H and O–H groups in total. The monoisotopic (exact) mass is 315 g/mol. The number of hydrogen-bond donors (Lipinski definition) is 2. The molecule has 0 heterocycles. The second kappa shape index (κ2) is 7.84. The van der Waals surface area contributed by atoms with Crippen LogP contribution < -0.4 is 5.32 Å². The van der Waals surface area contributed by atoms with Crippen LogP contribution in [0, 0.1) is 17.6 Å². The SMILES string of the molecule is CCOC(C(=O)O)c1c(F)cc(C(=O)NCC(C)C)cc1F. The van der Waals surface area contributed by atoms with Crippen molar-refractivity contribution in [1.82, 2.24) is 5.32 Å². The standard InChI is InChI=1S/C15H19F2NO4/c1-4-22-13(15(20)21)12-10(16)5-9(6-11(12)17)14(19)18-7-8(2)3/h5-6,8,13H,4,7H2,1-3H3,(H,18,19)(H,20,21). The third kappa shape index (κ3) is 4.49. The van der Waals surface area contributed by atoms with Gasteiger partial charge in [-0.15, -0.1) is 0 Å². The van der Waals surface area contributed by atoms with E-state index in [2.05, 4.69) is 5.32 Å². The molecule has 1 aromatic carbocycles. The van der Waals surface area contributed by atoms with E-state index in [4.69, 9.17) is 9.84 Å². The third-order valence-electron chi connectivity index (χ3n) is 2.83. The second-order valence-electron chi connectivity index (χ2n) is 5.13. The Labute approximate surface area is 127 Å². The lowest BCUT2D eigenvalue weighted by atomic mass is 10.0. The lowest BCUT2D eigenvalue weighted by Gasteiger charge is -2.15. The van der Waals surface area contributed by atoms with Crippen molar-refractivity contribution >= 4 is 11.9 Å². The Hall–Kier alpha value is -2.02. The molecule has 0 aliphatic rings.